The van der Waals surface area contributed by atoms with Gasteiger partial charge in [0.25, 0.3) is 5.56 Å². The SMILES string of the molecule is O=c1[nH]c2sc(Cl)c(-c3ccc4c(c3O)CCC4)c2c(O)c1-c1ccccc1. The number of hydrogen-bond acceptors (Lipinski definition) is 4. The number of rotatable bonds is 2. The summed E-state index contributed by atoms with van der Waals surface area (Å²) in [6, 6.07) is 12.9. The molecule has 2 aromatic carbocycles. The lowest BCUT2D eigenvalue weighted by atomic mass is 9.97. The fourth-order valence-corrected chi connectivity index (χ4v) is 5.44. The second-order valence-corrected chi connectivity index (χ2v) is 8.57. The van der Waals surface area contributed by atoms with Crippen molar-refractivity contribution in [2.24, 2.45) is 0 Å². The highest BCUT2D eigenvalue weighted by Crippen LogP contribution is 2.50. The average Bonchev–Trinajstić information content (AvgIpc) is 3.28. The van der Waals surface area contributed by atoms with E-state index in [-0.39, 0.29) is 22.6 Å². The number of pyridine rings is 1. The van der Waals surface area contributed by atoms with Crippen molar-refractivity contribution in [1.29, 1.82) is 0 Å². The van der Waals surface area contributed by atoms with E-state index in [4.69, 9.17) is 11.6 Å². The Hall–Kier alpha value is -2.76. The lowest BCUT2D eigenvalue weighted by Gasteiger charge is -2.11. The molecule has 1 aliphatic rings. The van der Waals surface area contributed by atoms with E-state index in [1.807, 2.05) is 30.3 Å². The van der Waals surface area contributed by atoms with Crippen LogP contribution in [0.1, 0.15) is 17.5 Å². The molecule has 0 unspecified atom stereocenters. The predicted molar refractivity (Wildman–Crippen MR) is 114 cm³/mol. The van der Waals surface area contributed by atoms with E-state index in [2.05, 4.69) is 4.98 Å². The van der Waals surface area contributed by atoms with Gasteiger partial charge in [-0.15, -0.1) is 11.3 Å². The Balaban J connectivity index is 1.84. The van der Waals surface area contributed by atoms with Crippen LogP contribution in [0.3, 0.4) is 0 Å². The Labute approximate surface area is 169 Å². The molecular weight excluding hydrogens is 394 g/mol. The summed E-state index contributed by atoms with van der Waals surface area (Å²) in [5.74, 6) is 0.0893. The summed E-state index contributed by atoms with van der Waals surface area (Å²) in [4.78, 5) is 16.0. The van der Waals surface area contributed by atoms with Gasteiger partial charge >= 0.3 is 0 Å². The fraction of sp³-hybridized carbons (Fsp3) is 0.136. The number of halogens is 1. The van der Waals surface area contributed by atoms with Gasteiger partial charge in [0.05, 0.1) is 10.9 Å². The zero-order chi connectivity index (χ0) is 19.4. The average molecular weight is 410 g/mol. The highest BCUT2D eigenvalue weighted by Gasteiger charge is 2.25. The molecule has 3 N–H and O–H groups in total. The van der Waals surface area contributed by atoms with E-state index in [0.29, 0.717) is 31.2 Å². The third kappa shape index (κ3) is 2.47. The Morgan fingerprint density at radius 2 is 1.75 bits per heavy atom. The minimum atomic E-state index is -0.376. The smallest absolute Gasteiger partial charge is 0.260 e. The molecule has 28 heavy (non-hydrogen) atoms. The third-order valence-electron chi connectivity index (χ3n) is 5.38. The minimum Gasteiger partial charge on any atom is -0.507 e. The maximum atomic E-state index is 12.6. The van der Waals surface area contributed by atoms with Crippen LogP contribution in [-0.4, -0.2) is 15.2 Å². The van der Waals surface area contributed by atoms with E-state index >= 15 is 0 Å². The quantitative estimate of drug-likeness (QED) is 0.410. The second kappa shape index (κ2) is 6.40. The first-order valence-corrected chi connectivity index (χ1v) is 10.2. The summed E-state index contributed by atoms with van der Waals surface area (Å²) in [5.41, 5.74) is 3.68. The molecule has 0 amide bonds. The van der Waals surface area contributed by atoms with E-state index in [9.17, 15) is 15.0 Å². The third-order valence-corrected chi connectivity index (χ3v) is 6.69. The number of aromatic nitrogens is 1. The molecule has 140 valence electrons. The molecule has 1 aliphatic carbocycles. The number of fused-ring (bicyclic) bond motifs is 2. The Kier molecular flexibility index (Phi) is 3.96. The van der Waals surface area contributed by atoms with Gasteiger partial charge in [0, 0.05) is 11.1 Å². The topological polar surface area (TPSA) is 73.3 Å². The first-order chi connectivity index (χ1) is 13.6. The molecule has 0 saturated carbocycles. The molecule has 0 aliphatic heterocycles. The summed E-state index contributed by atoms with van der Waals surface area (Å²) in [6.45, 7) is 0. The highest BCUT2D eigenvalue weighted by atomic mass is 35.5. The van der Waals surface area contributed by atoms with Crippen LogP contribution in [0.25, 0.3) is 32.5 Å². The van der Waals surface area contributed by atoms with E-state index in [1.54, 1.807) is 12.1 Å². The number of nitrogens with one attached hydrogen (secondary N) is 1. The van der Waals surface area contributed by atoms with Gasteiger partial charge in [0.15, 0.2) is 0 Å². The first-order valence-electron chi connectivity index (χ1n) is 9.03. The van der Waals surface area contributed by atoms with Crippen LogP contribution in [0.5, 0.6) is 11.5 Å². The second-order valence-electron chi connectivity index (χ2n) is 6.95. The normalized spacial score (nSPS) is 13.2. The van der Waals surface area contributed by atoms with Crippen LogP contribution in [0.4, 0.5) is 0 Å². The Bertz CT molecular complexity index is 1290. The van der Waals surface area contributed by atoms with Gasteiger partial charge < -0.3 is 15.2 Å². The van der Waals surface area contributed by atoms with Crippen molar-refractivity contribution >= 4 is 33.2 Å². The number of phenolic OH excluding ortho intramolecular Hbond substituents is 1. The van der Waals surface area contributed by atoms with Crippen molar-refractivity contribution in [1.82, 2.24) is 4.98 Å². The number of benzene rings is 2. The van der Waals surface area contributed by atoms with Gasteiger partial charge in [-0.2, -0.15) is 0 Å². The number of aromatic amines is 1. The van der Waals surface area contributed by atoms with Gasteiger partial charge in [-0.1, -0.05) is 54.1 Å². The largest absolute Gasteiger partial charge is 0.507 e. The van der Waals surface area contributed by atoms with Crippen LogP contribution in [0.15, 0.2) is 47.3 Å². The van der Waals surface area contributed by atoms with Gasteiger partial charge in [-0.05, 0) is 36.0 Å². The van der Waals surface area contributed by atoms with Crippen molar-refractivity contribution in [3.05, 3.63) is 68.3 Å². The van der Waals surface area contributed by atoms with Gasteiger partial charge in [-0.3, -0.25) is 4.79 Å². The standard InChI is InChI=1S/C22H16ClNO3S/c23-20-16(14-10-9-11-7-4-8-13(11)18(14)25)17-19(26)15(12-5-2-1-3-6-12)21(27)24-22(17)28-20/h1-3,5-6,9-10,25H,4,7-8H2,(H2,24,26,27). The zero-order valence-corrected chi connectivity index (χ0v) is 16.3. The molecule has 4 nitrogen and oxygen atoms in total. The van der Waals surface area contributed by atoms with E-state index in [1.165, 1.54) is 11.3 Å². The van der Waals surface area contributed by atoms with Crippen molar-refractivity contribution < 1.29 is 10.2 Å². The molecule has 0 spiro atoms. The lowest BCUT2D eigenvalue weighted by Crippen LogP contribution is -2.08. The van der Waals surface area contributed by atoms with Gasteiger partial charge in [0.2, 0.25) is 0 Å². The number of phenols is 1. The van der Waals surface area contributed by atoms with Crippen LogP contribution >= 0.6 is 22.9 Å². The predicted octanol–water partition coefficient (Wildman–Crippen LogP) is 5.48. The molecule has 4 aromatic rings. The van der Waals surface area contributed by atoms with Crippen LogP contribution < -0.4 is 5.56 Å². The molecule has 2 aromatic heterocycles. The molecule has 0 radical (unpaired) electrons. The van der Waals surface area contributed by atoms with Crippen molar-refractivity contribution in [3.8, 4) is 33.8 Å². The minimum absolute atomic E-state index is 0.122. The number of aryl methyl sites for hydroxylation is 1. The molecule has 0 saturated heterocycles. The van der Waals surface area contributed by atoms with E-state index in [0.717, 1.165) is 30.4 Å². The number of H-pyrrole nitrogens is 1. The number of aromatic hydroxyl groups is 2. The molecule has 0 fully saturated rings. The van der Waals surface area contributed by atoms with Crippen LogP contribution in [0.2, 0.25) is 4.34 Å². The monoisotopic (exact) mass is 409 g/mol. The summed E-state index contributed by atoms with van der Waals surface area (Å²) in [7, 11) is 0. The molecule has 2 heterocycles. The number of thiophene rings is 1. The highest BCUT2D eigenvalue weighted by molar-refractivity contribution is 7.23. The van der Waals surface area contributed by atoms with Crippen LogP contribution in [0, 0.1) is 0 Å². The van der Waals surface area contributed by atoms with Crippen LogP contribution in [-0.2, 0) is 12.8 Å². The maximum Gasteiger partial charge on any atom is 0.260 e. The van der Waals surface area contributed by atoms with Gasteiger partial charge in [0.1, 0.15) is 20.7 Å². The Morgan fingerprint density at radius 3 is 2.54 bits per heavy atom. The molecule has 6 heteroatoms. The molecular formula is C22H16ClNO3S. The summed E-state index contributed by atoms with van der Waals surface area (Å²) in [6.07, 6.45) is 2.80. The lowest BCUT2D eigenvalue weighted by molar-refractivity contribution is 0.471. The first kappa shape index (κ1) is 17.3. The fourth-order valence-electron chi connectivity index (χ4n) is 4.08. The van der Waals surface area contributed by atoms with Crippen molar-refractivity contribution in [2.75, 3.05) is 0 Å². The molecule has 0 bridgehead atoms. The van der Waals surface area contributed by atoms with E-state index < -0.39 is 0 Å². The molecule has 0 atom stereocenters. The molecule has 5 rings (SSSR count). The Morgan fingerprint density at radius 1 is 0.964 bits per heavy atom. The summed E-state index contributed by atoms with van der Waals surface area (Å²) in [5, 5.41) is 22.4. The maximum absolute atomic E-state index is 12.6. The van der Waals surface area contributed by atoms with Crippen molar-refractivity contribution in [3.63, 3.8) is 0 Å². The summed E-state index contributed by atoms with van der Waals surface area (Å²) >= 11 is 7.71. The summed E-state index contributed by atoms with van der Waals surface area (Å²) < 4.78 is 0.416. The zero-order valence-electron chi connectivity index (χ0n) is 14.8. The van der Waals surface area contributed by atoms with Gasteiger partial charge in [-0.25, -0.2) is 0 Å². The number of hydrogen-bond donors (Lipinski definition) is 3. The van der Waals surface area contributed by atoms with Crippen molar-refractivity contribution in [2.45, 2.75) is 19.3 Å².